The molecule has 30 heavy (non-hydrogen) atoms. The standard InChI is InChI=1S/C22H27Cl3N4O/c1-6-8-29(9-7-2)20-16(25)12-15(24)19-21(20)28(4)22(27-19)26-18-13(3)10-14(23)11-17(18)30-5/h10-12H,6-9H2,1-5H3,(H,26,27). The zero-order valence-corrected chi connectivity index (χ0v) is 20.2. The predicted octanol–water partition coefficient (Wildman–Crippen LogP) is 7.22. The van der Waals surface area contributed by atoms with Crippen LogP contribution in [0.1, 0.15) is 32.3 Å². The molecule has 0 bridgehead atoms. The van der Waals surface area contributed by atoms with E-state index >= 15 is 0 Å². The summed E-state index contributed by atoms with van der Waals surface area (Å²) < 4.78 is 7.52. The molecule has 1 heterocycles. The zero-order chi connectivity index (χ0) is 22.0. The Kier molecular flexibility index (Phi) is 7.27. The van der Waals surface area contributed by atoms with Crippen LogP contribution in [-0.2, 0) is 7.05 Å². The zero-order valence-electron chi connectivity index (χ0n) is 17.9. The molecular formula is C22H27Cl3N4O. The van der Waals surface area contributed by atoms with E-state index in [0.717, 1.165) is 48.4 Å². The molecule has 0 amide bonds. The Labute approximate surface area is 192 Å². The van der Waals surface area contributed by atoms with Gasteiger partial charge in [-0.3, -0.25) is 0 Å². The van der Waals surface area contributed by atoms with Crippen molar-refractivity contribution in [2.75, 3.05) is 30.4 Å². The average molecular weight is 470 g/mol. The van der Waals surface area contributed by atoms with Crippen LogP contribution in [0, 0.1) is 6.92 Å². The maximum absolute atomic E-state index is 6.68. The van der Waals surface area contributed by atoms with E-state index in [1.807, 2.05) is 24.6 Å². The summed E-state index contributed by atoms with van der Waals surface area (Å²) in [6.07, 6.45) is 2.04. The highest BCUT2D eigenvalue weighted by atomic mass is 35.5. The number of aryl methyl sites for hydroxylation is 2. The number of anilines is 3. The van der Waals surface area contributed by atoms with Crippen molar-refractivity contribution in [1.29, 1.82) is 0 Å². The summed E-state index contributed by atoms with van der Waals surface area (Å²) in [6.45, 7) is 8.11. The summed E-state index contributed by atoms with van der Waals surface area (Å²) in [5.74, 6) is 1.29. The Hall–Kier alpha value is -1.82. The number of aromatic nitrogens is 2. The second-order valence-electron chi connectivity index (χ2n) is 7.29. The molecule has 0 saturated carbocycles. The Morgan fingerprint density at radius 1 is 1.07 bits per heavy atom. The number of hydrogen-bond donors (Lipinski definition) is 1. The van der Waals surface area contributed by atoms with Crippen LogP contribution in [0.5, 0.6) is 5.75 Å². The third-order valence-corrected chi connectivity index (χ3v) is 5.84. The molecule has 0 radical (unpaired) electrons. The van der Waals surface area contributed by atoms with E-state index in [2.05, 4.69) is 24.1 Å². The maximum atomic E-state index is 6.68. The van der Waals surface area contributed by atoms with E-state index in [4.69, 9.17) is 44.5 Å². The van der Waals surface area contributed by atoms with E-state index in [-0.39, 0.29) is 0 Å². The van der Waals surface area contributed by atoms with Crippen LogP contribution in [0.3, 0.4) is 0 Å². The highest BCUT2D eigenvalue weighted by molar-refractivity contribution is 6.40. The Bertz CT molecular complexity index is 1060. The summed E-state index contributed by atoms with van der Waals surface area (Å²) in [4.78, 5) is 7.10. The Morgan fingerprint density at radius 2 is 1.73 bits per heavy atom. The first-order valence-electron chi connectivity index (χ1n) is 10.0. The average Bonchev–Trinajstić information content (AvgIpc) is 3.01. The third kappa shape index (κ3) is 4.29. The number of benzene rings is 2. The normalized spacial score (nSPS) is 11.2. The number of rotatable bonds is 8. The van der Waals surface area contributed by atoms with Crippen LogP contribution in [0.25, 0.3) is 11.0 Å². The molecule has 0 fully saturated rings. The van der Waals surface area contributed by atoms with Gasteiger partial charge >= 0.3 is 0 Å². The first kappa shape index (κ1) is 22.9. The van der Waals surface area contributed by atoms with Crippen molar-refractivity contribution < 1.29 is 4.74 Å². The summed E-state index contributed by atoms with van der Waals surface area (Å²) in [5, 5.41) is 5.17. The van der Waals surface area contributed by atoms with Crippen molar-refractivity contribution in [3.63, 3.8) is 0 Å². The lowest BCUT2D eigenvalue weighted by molar-refractivity contribution is 0.416. The van der Waals surface area contributed by atoms with Gasteiger partial charge in [0.15, 0.2) is 0 Å². The van der Waals surface area contributed by atoms with E-state index in [1.54, 1.807) is 19.2 Å². The minimum Gasteiger partial charge on any atom is -0.495 e. The second-order valence-corrected chi connectivity index (χ2v) is 8.54. The lowest BCUT2D eigenvalue weighted by atomic mass is 10.2. The fourth-order valence-electron chi connectivity index (χ4n) is 3.73. The lowest BCUT2D eigenvalue weighted by Gasteiger charge is -2.26. The quantitative estimate of drug-likeness (QED) is 0.378. The van der Waals surface area contributed by atoms with Crippen LogP contribution in [-0.4, -0.2) is 29.8 Å². The number of imidazole rings is 1. The monoisotopic (exact) mass is 468 g/mol. The molecule has 8 heteroatoms. The van der Waals surface area contributed by atoms with E-state index in [0.29, 0.717) is 32.3 Å². The molecular weight excluding hydrogens is 443 g/mol. The van der Waals surface area contributed by atoms with Gasteiger partial charge in [0.25, 0.3) is 0 Å². The molecule has 0 spiro atoms. The second kappa shape index (κ2) is 9.54. The molecule has 3 rings (SSSR count). The summed E-state index contributed by atoms with van der Waals surface area (Å²) >= 11 is 19.4. The summed E-state index contributed by atoms with van der Waals surface area (Å²) in [7, 11) is 3.58. The number of methoxy groups -OCH3 is 1. The van der Waals surface area contributed by atoms with Crippen molar-refractivity contribution >= 4 is 63.2 Å². The molecule has 3 aromatic rings. The van der Waals surface area contributed by atoms with Gasteiger partial charge in [-0.1, -0.05) is 48.7 Å². The minimum atomic E-state index is 0.523. The fourth-order valence-corrected chi connectivity index (χ4v) is 4.61. The van der Waals surface area contributed by atoms with Gasteiger partial charge in [-0.2, -0.15) is 0 Å². The number of nitrogens with one attached hydrogen (secondary N) is 1. The highest BCUT2D eigenvalue weighted by Gasteiger charge is 2.22. The van der Waals surface area contributed by atoms with Crippen LogP contribution in [0.15, 0.2) is 18.2 Å². The van der Waals surface area contributed by atoms with E-state index < -0.39 is 0 Å². The van der Waals surface area contributed by atoms with Crippen molar-refractivity contribution in [1.82, 2.24) is 9.55 Å². The molecule has 162 valence electrons. The molecule has 1 aromatic heterocycles. The number of ether oxygens (including phenoxy) is 1. The molecule has 0 unspecified atom stereocenters. The van der Waals surface area contributed by atoms with Gasteiger partial charge in [-0.25, -0.2) is 4.98 Å². The van der Waals surface area contributed by atoms with Gasteiger partial charge in [0, 0.05) is 31.2 Å². The van der Waals surface area contributed by atoms with Crippen LogP contribution in [0.4, 0.5) is 17.3 Å². The first-order valence-corrected chi connectivity index (χ1v) is 11.2. The molecule has 1 N–H and O–H groups in total. The highest BCUT2D eigenvalue weighted by Crippen LogP contribution is 2.41. The van der Waals surface area contributed by atoms with Gasteiger partial charge in [0.1, 0.15) is 11.3 Å². The number of nitrogens with zero attached hydrogens (tertiary/aromatic N) is 3. The van der Waals surface area contributed by atoms with Crippen LogP contribution >= 0.6 is 34.8 Å². The van der Waals surface area contributed by atoms with Gasteiger partial charge in [-0.05, 0) is 37.5 Å². The molecule has 0 aliphatic rings. The van der Waals surface area contributed by atoms with Gasteiger partial charge in [0.05, 0.1) is 34.0 Å². The molecule has 0 aliphatic heterocycles. The van der Waals surface area contributed by atoms with Gasteiger partial charge < -0.3 is 19.5 Å². The maximum Gasteiger partial charge on any atom is 0.208 e. The van der Waals surface area contributed by atoms with Crippen LogP contribution in [0.2, 0.25) is 15.1 Å². The third-order valence-electron chi connectivity index (χ3n) is 5.05. The van der Waals surface area contributed by atoms with Crippen molar-refractivity contribution in [2.45, 2.75) is 33.6 Å². The molecule has 5 nitrogen and oxygen atoms in total. The predicted molar refractivity (Wildman–Crippen MR) is 130 cm³/mol. The fraction of sp³-hybridized carbons (Fsp3) is 0.409. The number of hydrogen-bond acceptors (Lipinski definition) is 4. The van der Waals surface area contributed by atoms with E-state index in [9.17, 15) is 0 Å². The topological polar surface area (TPSA) is 42.3 Å². The van der Waals surface area contributed by atoms with Crippen molar-refractivity contribution in [3.8, 4) is 5.75 Å². The molecule has 0 saturated heterocycles. The lowest BCUT2D eigenvalue weighted by Crippen LogP contribution is -2.25. The number of halogens is 3. The minimum absolute atomic E-state index is 0.523. The summed E-state index contributed by atoms with van der Waals surface area (Å²) in [6, 6.07) is 5.44. The van der Waals surface area contributed by atoms with Crippen LogP contribution < -0.4 is 15.0 Å². The van der Waals surface area contributed by atoms with Gasteiger partial charge in [-0.15, -0.1) is 0 Å². The summed E-state index contributed by atoms with van der Waals surface area (Å²) in [5.41, 5.74) is 4.34. The molecule has 0 aliphatic carbocycles. The molecule has 2 aromatic carbocycles. The smallest absolute Gasteiger partial charge is 0.208 e. The van der Waals surface area contributed by atoms with Crippen molar-refractivity contribution in [3.05, 3.63) is 38.8 Å². The van der Waals surface area contributed by atoms with E-state index in [1.165, 1.54) is 0 Å². The largest absolute Gasteiger partial charge is 0.495 e. The Balaban J connectivity index is 2.19. The Morgan fingerprint density at radius 3 is 2.33 bits per heavy atom. The first-order chi connectivity index (χ1) is 14.3. The van der Waals surface area contributed by atoms with Crippen molar-refractivity contribution in [2.24, 2.45) is 7.05 Å². The number of fused-ring (bicyclic) bond motifs is 1. The SMILES string of the molecule is CCCN(CCC)c1c(Cl)cc(Cl)c2nc(Nc3c(C)cc(Cl)cc3OC)n(C)c12. The molecule has 0 atom stereocenters. The van der Waals surface area contributed by atoms with Gasteiger partial charge in [0.2, 0.25) is 5.95 Å².